The second-order valence-electron chi connectivity index (χ2n) is 4.99. The fourth-order valence-corrected chi connectivity index (χ4v) is 3.24. The normalized spacial score (nSPS) is 14.0. The van der Waals surface area contributed by atoms with Gasteiger partial charge < -0.3 is 10.3 Å². The van der Waals surface area contributed by atoms with Crippen molar-refractivity contribution in [1.82, 2.24) is 9.55 Å². The van der Waals surface area contributed by atoms with E-state index in [4.69, 9.17) is 5.73 Å². The van der Waals surface area contributed by atoms with E-state index in [0.29, 0.717) is 0 Å². The van der Waals surface area contributed by atoms with Crippen LogP contribution in [-0.4, -0.2) is 15.6 Å². The first-order valence-electron chi connectivity index (χ1n) is 6.74. The average molecular weight is 301 g/mol. The highest BCUT2D eigenvalue weighted by Gasteiger charge is 2.21. The number of nitrogens with zero attached hydrogens (tertiary/aromatic N) is 2. The molecular weight excluding hydrogens is 285 g/mol. The Labute approximate surface area is 126 Å². The summed E-state index contributed by atoms with van der Waals surface area (Å²) in [6.45, 7) is 1.95. The maximum absolute atomic E-state index is 13.1. The summed E-state index contributed by atoms with van der Waals surface area (Å²) < 4.78 is 15.2. The average Bonchev–Trinajstić information content (AvgIpc) is 3.11. The molecule has 0 aliphatic carbocycles. The standard InChI is InChI=1S/C16H16FN3S/c1-11(18)15(12-4-6-13(17)7-5-12)20-9-8-19-16(20)14-3-2-10-21-14/h2-11,15H,18H2,1H3. The predicted octanol–water partition coefficient (Wildman–Crippen LogP) is 3.69. The lowest BCUT2D eigenvalue weighted by Gasteiger charge is -2.24. The van der Waals surface area contributed by atoms with Gasteiger partial charge in [0.05, 0.1) is 10.9 Å². The lowest BCUT2D eigenvalue weighted by Crippen LogP contribution is -2.30. The van der Waals surface area contributed by atoms with Gasteiger partial charge in [-0.15, -0.1) is 11.3 Å². The first-order valence-corrected chi connectivity index (χ1v) is 7.62. The minimum absolute atomic E-state index is 0.0785. The van der Waals surface area contributed by atoms with Gasteiger partial charge in [0.2, 0.25) is 0 Å². The van der Waals surface area contributed by atoms with Gasteiger partial charge in [-0.25, -0.2) is 9.37 Å². The molecule has 3 rings (SSSR count). The van der Waals surface area contributed by atoms with Crippen LogP contribution in [0.2, 0.25) is 0 Å². The fourth-order valence-electron chi connectivity index (χ4n) is 2.51. The Kier molecular flexibility index (Phi) is 3.86. The second-order valence-corrected chi connectivity index (χ2v) is 5.94. The zero-order valence-corrected chi connectivity index (χ0v) is 12.4. The number of benzene rings is 1. The van der Waals surface area contributed by atoms with Gasteiger partial charge in [0.1, 0.15) is 5.82 Å². The van der Waals surface area contributed by atoms with E-state index in [1.54, 1.807) is 29.7 Å². The first-order chi connectivity index (χ1) is 10.2. The van der Waals surface area contributed by atoms with Gasteiger partial charge in [0.15, 0.2) is 5.82 Å². The van der Waals surface area contributed by atoms with Crippen molar-refractivity contribution in [3.63, 3.8) is 0 Å². The third-order valence-corrected chi connectivity index (χ3v) is 4.29. The summed E-state index contributed by atoms with van der Waals surface area (Å²) in [4.78, 5) is 5.54. The first kappa shape index (κ1) is 14.0. The lowest BCUT2D eigenvalue weighted by atomic mass is 10.0. The van der Waals surface area contributed by atoms with Gasteiger partial charge >= 0.3 is 0 Å². The lowest BCUT2D eigenvalue weighted by molar-refractivity contribution is 0.499. The van der Waals surface area contributed by atoms with Gasteiger partial charge in [-0.1, -0.05) is 18.2 Å². The molecule has 1 aromatic carbocycles. The van der Waals surface area contributed by atoms with Crippen LogP contribution in [0.1, 0.15) is 18.5 Å². The van der Waals surface area contributed by atoms with Crippen molar-refractivity contribution >= 4 is 11.3 Å². The SMILES string of the molecule is CC(N)C(c1ccc(F)cc1)n1ccnc1-c1cccs1. The Bertz CT molecular complexity index is 701. The molecule has 5 heteroatoms. The van der Waals surface area contributed by atoms with E-state index >= 15 is 0 Å². The predicted molar refractivity (Wildman–Crippen MR) is 83.7 cm³/mol. The number of imidazole rings is 1. The number of aromatic nitrogens is 2. The van der Waals surface area contributed by atoms with Crippen LogP contribution in [0.5, 0.6) is 0 Å². The molecule has 2 unspecified atom stereocenters. The number of hydrogen-bond donors (Lipinski definition) is 1. The smallest absolute Gasteiger partial charge is 0.150 e. The van der Waals surface area contributed by atoms with E-state index in [9.17, 15) is 4.39 Å². The van der Waals surface area contributed by atoms with Crippen molar-refractivity contribution in [1.29, 1.82) is 0 Å². The number of hydrogen-bond acceptors (Lipinski definition) is 3. The van der Waals surface area contributed by atoms with Crippen molar-refractivity contribution in [3.05, 3.63) is 65.6 Å². The molecule has 2 aromatic heterocycles. The zero-order valence-electron chi connectivity index (χ0n) is 11.6. The van der Waals surface area contributed by atoms with E-state index in [0.717, 1.165) is 16.3 Å². The maximum Gasteiger partial charge on any atom is 0.150 e. The summed E-state index contributed by atoms with van der Waals surface area (Å²) >= 11 is 1.64. The Morgan fingerprint density at radius 2 is 2.00 bits per heavy atom. The summed E-state index contributed by atoms with van der Waals surface area (Å²) in [6.07, 6.45) is 3.69. The maximum atomic E-state index is 13.1. The summed E-state index contributed by atoms with van der Waals surface area (Å²) in [5, 5.41) is 2.02. The molecule has 0 bridgehead atoms. The molecule has 0 aliphatic rings. The molecule has 0 aliphatic heterocycles. The summed E-state index contributed by atoms with van der Waals surface area (Å²) in [5.41, 5.74) is 7.16. The van der Waals surface area contributed by atoms with Crippen molar-refractivity contribution in [2.45, 2.75) is 19.0 Å². The van der Waals surface area contributed by atoms with Gasteiger partial charge in [-0.3, -0.25) is 0 Å². The largest absolute Gasteiger partial charge is 0.326 e. The highest BCUT2D eigenvalue weighted by Crippen LogP contribution is 2.30. The van der Waals surface area contributed by atoms with Gasteiger partial charge in [-0.2, -0.15) is 0 Å². The molecule has 0 radical (unpaired) electrons. The summed E-state index contributed by atoms with van der Waals surface area (Å²) in [6, 6.07) is 10.3. The zero-order chi connectivity index (χ0) is 14.8. The Hall–Kier alpha value is -1.98. The van der Waals surface area contributed by atoms with Crippen molar-refractivity contribution in [3.8, 4) is 10.7 Å². The van der Waals surface area contributed by atoms with E-state index in [1.165, 1.54) is 12.1 Å². The molecular formula is C16H16FN3S. The summed E-state index contributed by atoms with van der Waals surface area (Å²) in [5.74, 6) is 0.642. The molecule has 21 heavy (non-hydrogen) atoms. The molecule has 0 saturated heterocycles. The number of halogens is 1. The molecule has 0 saturated carbocycles. The quantitative estimate of drug-likeness (QED) is 0.798. The van der Waals surface area contributed by atoms with Crippen LogP contribution >= 0.6 is 11.3 Å². The van der Waals surface area contributed by atoms with Crippen LogP contribution in [0.25, 0.3) is 10.7 Å². The van der Waals surface area contributed by atoms with Crippen LogP contribution in [0.4, 0.5) is 4.39 Å². The second kappa shape index (κ2) is 5.79. The van der Waals surface area contributed by atoms with Crippen LogP contribution in [0.15, 0.2) is 54.2 Å². The van der Waals surface area contributed by atoms with E-state index in [1.807, 2.05) is 30.6 Å². The summed E-state index contributed by atoms with van der Waals surface area (Å²) in [7, 11) is 0. The van der Waals surface area contributed by atoms with Gasteiger partial charge in [0.25, 0.3) is 0 Å². The number of thiophene rings is 1. The highest BCUT2D eigenvalue weighted by molar-refractivity contribution is 7.13. The van der Waals surface area contributed by atoms with Crippen LogP contribution in [-0.2, 0) is 0 Å². The molecule has 2 atom stereocenters. The number of rotatable bonds is 4. The Balaban J connectivity index is 2.07. The molecule has 108 valence electrons. The van der Waals surface area contributed by atoms with E-state index in [-0.39, 0.29) is 17.9 Å². The molecule has 2 N–H and O–H groups in total. The van der Waals surface area contributed by atoms with E-state index < -0.39 is 0 Å². The monoisotopic (exact) mass is 301 g/mol. The van der Waals surface area contributed by atoms with Crippen molar-refractivity contribution in [2.75, 3.05) is 0 Å². The Morgan fingerprint density at radius 3 is 2.62 bits per heavy atom. The molecule has 2 heterocycles. The minimum atomic E-state index is -0.244. The van der Waals surface area contributed by atoms with E-state index in [2.05, 4.69) is 9.55 Å². The molecule has 0 spiro atoms. The number of nitrogens with two attached hydrogens (primary N) is 1. The molecule has 0 amide bonds. The van der Waals surface area contributed by atoms with Crippen LogP contribution < -0.4 is 5.73 Å². The molecule has 3 aromatic rings. The van der Waals surface area contributed by atoms with Gasteiger partial charge in [0, 0.05) is 18.4 Å². The fraction of sp³-hybridized carbons (Fsp3) is 0.188. The topological polar surface area (TPSA) is 43.8 Å². The third kappa shape index (κ3) is 2.75. The molecule has 0 fully saturated rings. The van der Waals surface area contributed by atoms with Gasteiger partial charge in [-0.05, 0) is 36.1 Å². The minimum Gasteiger partial charge on any atom is -0.326 e. The van der Waals surface area contributed by atoms with Crippen LogP contribution in [0.3, 0.4) is 0 Å². The van der Waals surface area contributed by atoms with Crippen LogP contribution in [0, 0.1) is 5.82 Å². The van der Waals surface area contributed by atoms with Crippen molar-refractivity contribution in [2.24, 2.45) is 5.73 Å². The van der Waals surface area contributed by atoms with Crippen molar-refractivity contribution < 1.29 is 4.39 Å². The third-order valence-electron chi connectivity index (χ3n) is 3.42. The Morgan fingerprint density at radius 1 is 1.24 bits per heavy atom. The highest BCUT2D eigenvalue weighted by atomic mass is 32.1. The molecule has 3 nitrogen and oxygen atoms in total.